The molecule has 0 aromatic carbocycles. The number of nitrogens with two attached hydrogens (primary N) is 1. The highest BCUT2D eigenvalue weighted by Crippen LogP contribution is 2.14. The van der Waals surface area contributed by atoms with Crippen LogP contribution >= 0.6 is 0 Å². The van der Waals surface area contributed by atoms with Crippen molar-refractivity contribution in [1.29, 1.82) is 0 Å². The van der Waals surface area contributed by atoms with E-state index < -0.39 is 12.0 Å². The molecule has 106 valence electrons. The van der Waals surface area contributed by atoms with E-state index in [4.69, 9.17) is 15.6 Å². The molecule has 0 aromatic heterocycles. The first-order valence-electron chi connectivity index (χ1n) is 6.10. The van der Waals surface area contributed by atoms with Gasteiger partial charge >= 0.3 is 5.97 Å². The summed E-state index contributed by atoms with van der Waals surface area (Å²) in [5.74, 6) is -0.841. The fourth-order valence-electron chi connectivity index (χ4n) is 1.78. The summed E-state index contributed by atoms with van der Waals surface area (Å²) in [6.07, 6.45) is 0.810. The van der Waals surface area contributed by atoms with Crippen LogP contribution in [0.1, 0.15) is 26.7 Å². The molecule has 0 fully saturated rings. The smallest absolute Gasteiger partial charge is 0.303 e. The van der Waals surface area contributed by atoms with Gasteiger partial charge in [-0.2, -0.15) is 0 Å². The highest BCUT2D eigenvalue weighted by Gasteiger charge is 2.18. The Balaban J connectivity index is 4.16. The van der Waals surface area contributed by atoms with Crippen LogP contribution in [-0.4, -0.2) is 43.3 Å². The SMILES string of the molecule is COCC(N)C(=O)NC[C@H](CC(=O)O)CC(C)C. The molecule has 6 nitrogen and oxygen atoms in total. The Labute approximate surface area is 108 Å². The van der Waals surface area contributed by atoms with Crippen LogP contribution in [-0.2, 0) is 14.3 Å². The summed E-state index contributed by atoms with van der Waals surface area (Å²) in [5, 5.41) is 11.5. The van der Waals surface area contributed by atoms with Crippen molar-refractivity contribution in [3.63, 3.8) is 0 Å². The molecule has 0 radical (unpaired) electrons. The van der Waals surface area contributed by atoms with Gasteiger partial charge < -0.3 is 20.9 Å². The normalized spacial score (nSPS) is 14.3. The Kier molecular flexibility index (Phi) is 8.32. The number of amides is 1. The van der Waals surface area contributed by atoms with Gasteiger partial charge in [0.2, 0.25) is 5.91 Å². The van der Waals surface area contributed by atoms with Gasteiger partial charge in [-0.3, -0.25) is 9.59 Å². The lowest BCUT2D eigenvalue weighted by Gasteiger charge is -2.19. The van der Waals surface area contributed by atoms with Crippen LogP contribution in [0.2, 0.25) is 0 Å². The molecule has 0 aliphatic rings. The molecule has 2 atom stereocenters. The topological polar surface area (TPSA) is 102 Å². The second-order valence-corrected chi connectivity index (χ2v) is 4.90. The second-order valence-electron chi connectivity index (χ2n) is 4.90. The molecule has 0 bridgehead atoms. The van der Waals surface area contributed by atoms with Gasteiger partial charge in [0.15, 0.2) is 0 Å². The number of ether oxygens (including phenoxy) is 1. The van der Waals surface area contributed by atoms with Gasteiger partial charge in [-0.15, -0.1) is 0 Å². The second kappa shape index (κ2) is 8.88. The number of carbonyl (C=O) groups is 2. The van der Waals surface area contributed by atoms with Crippen molar-refractivity contribution in [3.05, 3.63) is 0 Å². The van der Waals surface area contributed by atoms with E-state index in [2.05, 4.69) is 5.32 Å². The quantitative estimate of drug-likeness (QED) is 0.550. The zero-order valence-electron chi connectivity index (χ0n) is 11.3. The Morgan fingerprint density at radius 3 is 2.44 bits per heavy atom. The molecule has 0 aliphatic heterocycles. The number of rotatable bonds is 9. The van der Waals surface area contributed by atoms with E-state index in [9.17, 15) is 9.59 Å². The van der Waals surface area contributed by atoms with Gasteiger partial charge in [0, 0.05) is 20.1 Å². The molecule has 1 unspecified atom stereocenters. The summed E-state index contributed by atoms with van der Waals surface area (Å²) in [7, 11) is 1.47. The monoisotopic (exact) mass is 260 g/mol. The lowest BCUT2D eigenvalue weighted by molar-refractivity contribution is -0.138. The molecule has 0 saturated carbocycles. The van der Waals surface area contributed by atoms with Crippen molar-refractivity contribution >= 4 is 11.9 Å². The van der Waals surface area contributed by atoms with Crippen molar-refractivity contribution in [2.75, 3.05) is 20.3 Å². The summed E-state index contributed by atoms with van der Waals surface area (Å²) >= 11 is 0. The van der Waals surface area contributed by atoms with E-state index in [1.807, 2.05) is 13.8 Å². The maximum atomic E-state index is 11.5. The van der Waals surface area contributed by atoms with Gasteiger partial charge in [-0.05, 0) is 18.3 Å². The number of aliphatic carboxylic acids is 1. The lowest BCUT2D eigenvalue weighted by atomic mass is 9.94. The molecular weight excluding hydrogens is 236 g/mol. The highest BCUT2D eigenvalue weighted by atomic mass is 16.5. The molecule has 1 amide bonds. The van der Waals surface area contributed by atoms with E-state index in [0.717, 1.165) is 6.42 Å². The van der Waals surface area contributed by atoms with Crippen LogP contribution < -0.4 is 11.1 Å². The van der Waals surface area contributed by atoms with Gasteiger partial charge in [-0.25, -0.2) is 0 Å². The number of carboxylic acids is 1. The molecule has 0 rings (SSSR count). The number of methoxy groups -OCH3 is 1. The van der Waals surface area contributed by atoms with Crippen molar-refractivity contribution in [2.45, 2.75) is 32.7 Å². The molecule has 6 heteroatoms. The van der Waals surface area contributed by atoms with Gasteiger partial charge in [0.1, 0.15) is 6.04 Å². The van der Waals surface area contributed by atoms with E-state index in [1.165, 1.54) is 7.11 Å². The maximum absolute atomic E-state index is 11.5. The largest absolute Gasteiger partial charge is 0.481 e. The molecule has 0 saturated heterocycles. The van der Waals surface area contributed by atoms with Crippen LogP contribution in [0.15, 0.2) is 0 Å². The average molecular weight is 260 g/mol. The van der Waals surface area contributed by atoms with Crippen molar-refractivity contribution in [2.24, 2.45) is 17.6 Å². The Morgan fingerprint density at radius 2 is 2.00 bits per heavy atom. The first-order chi connectivity index (χ1) is 8.36. The van der Waals surface area contributed by atoms with Crippen LogP contribution in [0.4, 0.5) is 0 Å². The summed E-state index contributed by atoms with van der Waals surface area (Å²) in [6, 6.07) is -0.709. The molecule has 0 heterocycles. The minimum Gasteiger partial charge on any atom is -0.481 e. The molecular formula is C12H24N2O4. The van der Waals surface area contributed by atoms with E-state index >= 15 is 0 Å². The molecule has 4 N–H and O–H groups in total. The Bertz CT molecular complexity index is 269. The summed E-state index contributed by atoms with van der Waals surface area (Å²) in [6.45, 7) is 4.53. The van der Waals surface area contributed by atoms with Crippen molar-refractivity contribution in [1.82, 2.24) is 5.32 Å². The van der Waals surface area contributed by atoms with Crippen molar-refractivity contribution < 1.29 is 19.4 Å². The van der Waals surface area contributed by atoms with Crippen LogP contribution in [0, 0.1) is 11.8 Å². The fraction of sp³-hybridized carbons (Fsp3) is 0.833. The van der Waals surface area contributed by atoms with Gasteiger partial charge in [0.05, 0.1) is 6.61 Å². The number of hydrogen-bond acceptors (Lipinski definition) is 4. The minimum absolute atomic E-state index is 0.0535. The fourth-order valence-corrected chi connectivity index (χ4v) is 1.78. The van der Waals surface area contributed by atoms with E-state index in [-0.39, 0.29) is 24.9 Å². The number of nitrogens with one attached hydrogen (secondary N) is 1. The molecule has 0 aliphatic carbocycles. The predicted octanol–water partition coefficient (Wildman–Crippen LogP) is 0.213. The Morgan fingerprint density at radius 1 is 1.39 bits per heavy atom. The minimum atomic E-state index is -0.851. The summed E-state index contributed by atoms with van der Waals surface area (Å²) < 4.78 is 4.78. The lowest BCUT2D eigenvalue weighted by Crippen LogP contribution is -2.45. The maximum Gasteiger partial charge on any atom is 0.303 e. The molecule has 18 heavy (non-hydrogen) atoms. The third-order valence-electron chi connectivity index (χ3n) is 2.52. The van der Waals surface area contributed by atoms with E-state index in [0.29, 0.717) is 12.5 Å². The molecule has 0 aromatic rings. The van der Waals surface area contributed by atoms with Gasteiger partial charge in [0.25, 0.3) is 0 Å². The average Bonchev–Trinajstić information content (AvgIpc) is 2.24. The first kappa shape index (κ1) is 16.9. The third kappa shape index (κ3) is 8.03. The third-order valence-corrected chi connectivity index (χ3v) is 2.52. The summed E-state index contributed by atoms with van der Waals surface area (Å²) in [4.78, 5) is 22.3. The first-order valence-corrected chi connectivity index (χ1v) is 6.10. The zero-order chi connectivity index (χ0) is 14.1. The van der Waals surface area contributed by atoms with Crippen LogP contribution in [0.5, 0.6) is 0 Å². The number of carboxylic acid groups (broad SMARTS) is 1. The highest BCUT2D eigenvalue weighted by molar-refractivity contribution is 5.81. The van der Waals surface area contributed by atoms with Crippen molar-refractivity contribution in [3.8, 4) is 0 Å². The van der Waals surface area contributed by atoms with Crippen LogP contribution in [0.25, 0.3) is 0 Å². The number of hydrogen-bond donors (Lipinski definition) is 3. The van der Waals surface area contributed by atoms with Crippen LogP contribution in [0.3, 0.4) is 0 Å². The van der Waals surface area contributed by atoms with Gasteiger partial charge in [-0.1, -0.05) is 13.8 Å². The molecule has 0 spiro atoms. The zero-order valence-corrected chi connectivity index (χ0v) is 11.3. The predicted molar refractivity (Wildman–Crippen MR) is 68.1 cm³/mol. The standard InChI is InChI=1S/C12H24N2O4/c1-8(2)4-9(5-11(15)16)6-14-12(17)10(13)7-18-3/h8-10H,4-7,13H2,1-3H3,(H,14,17)(H,15,16)/t9-,10?/m0/s1. The number of carbonyl (C=O) groups excluding carboxylic acids is 1. The van der Waals surface area contributed by atoms with E-state index in [1.54, 1.807) is 0 Å². The Hall–Kier alpha value is -1.14. The summed E-state index contributed by atoms with van der Waals surface area (Å²) in [5.41, 5.74) is 5.56.